The van der Waals surface area contributed by atoms with Gasteiger partial charge in [0, 0.05) is 13.1 Å². The molecule has 2 aromatic carbocycles. The van der Waals surface area contributed by atoms with E-state index in [2.05, 4.69) is 19.2 Å². The summed E-state index contributed by atoms with van der Waals surface area (Å²) in [7, 11) is 0. The second kappa shape index (κ2) is 12.1. The van der Waals surface area contributed by atoms with Crippen LogP contribution in [0.15, 0.2) is 48.5 Å². The van der Waals surface area contributed by atoms with Crippen molar-refractivity contribution in [3.8, 4) is 5.75 Å². The molecule has 0 saturated carbocycles. The van der Waals surface area contributed by atoms with Crippen molar-refractivity contribution in [3.05, 3.63) is 65.2 Å². The minimum atomic E-state index is -0.517. The van der Waals surface area contributed by atoms with E-state index in [1.165, 1.54) is 0 Å². The standard InChI is InChI=1S/C26H36N2O3/c1-6-23(26(30)27-17-19(2)3)28(16-15-22-12-8-7-9-13-22)25(29)18-31-24-14-10-11-20(4)21(24)5/h7-14,19,23H,6,15-18H2,1-5H3,(H,27,30)/t23-/m1/s1. The maximum absolute atomic E-state index is 13.2. The molecule has 5 nitrogen and oxygen atoms in total. The number of ether oxygens (including phenoxy) is 1. The van der Waals surface area contributed by atoms with Crippen LogP contribution in [0.25, 0.3) is 0 Å². The Morgan fingerprint density at radius 1 is 1.03 bits per heavy atom. The molecule has 168 valence electrons. The van der Waals surface area contributed by atoms with Gasteiger partial charge in [-0.1, -0.05) is 63.2 Å². The molecule has 0 aliphatic heterocycles. The molecule has 0 aliphatic carbocycles. The highest BCUT2D eigenvalue weighted by atomic mass is 16.5. The van der Waals surface area contributed by atoms with Crippen LogP contribution >= 0.6 is 0 Å². The molecule has 0 spiro atoms. The summed E-state index contributed by atoms with van der Waals surface area (Å²) in [5.74, 6) is 0.768. The van der Waals surface area contributed by atoms with Crippen LogP contribution in [0, 0.1) is 19.8 Å². The summed E-state index contributed by atoms with van der Waals surface area (Å²) >= 11 is 0. The lowest BCUT2D eigenvalue weighted by atomic mass is 10.1. The number of amides is 2. The van der Waals surface area contributed by atoms with Gasteiger partial charge in [-0.15, -0.1) is 0 Å². The summed E-state index contributed by atoms with van der Waals surface area (Å²) in [4.78, 5) is 27.7. The van der Waals surface area contributed by atoms with Crippen molar-refractivity contribution in [3.63, 3.8) is 0 Å². The number of carbonyl (C=O) groups is 2. The first-order valence-corrected chi connectivity index (χ1v) is 11.1. The summed E-state index contributed by atoms with van der Waals surface area (Å²) in [6.07, 6.45) is 1.23. The van der Waals surface area contributed by atoms with Gasteiger partial charge in [0.2, 0.25) is 5.91 Å². The highest BCUT2D eigenvalue weighted by Crippen LogP contribution is 2.21. The van der Waals surface area contributed by atoms with Crippen LogP contribution in [0.5, 0.6) is 5.75 Å². The molecule has 1 atom stereocenters. The van der Waals surface area contributed by atoms with E-state index >= 15 is 0 Å². The molecule has 2 amide bonds. The quantitative estimate of drug-likeness (QED) is 0.585. The van der Waals surface area contributed by atoms with Gasteiger partial charge in [0.05, 0.1) is 0 Å². The van der Waals surface area contributed by atoms with Crippen molar-refractivity contribution in [1.82, 2.24) is 10.2 Å². The molecule has 0 aliphatic rings. The third-order valence-electron chi connectivity index (χ3n) is 5.46. The summed E-state index contributed by atoms with van der Waals surface area (Å²) < 4.78 is 5.86. The van der Waals surface area contributed by atoms with Gasteiger partial charge in [-0.3, -0.25) is 9.59 Å². The second-order valence-corrected chi connectivity index (χ2v) is 8.37. The number of carbonyl (C=O) groups excluding carboxylic acids is 2. The SMILES string of the molecule is CC[C@H](C(=O)NCC(C)C)N(CCc1ccccc1)C(=O)COc1cccc(C)c1C. The molecule has 0 fully saturated rings. The summed E-state index contributed by atoms with van der Waals surface area (Å²) in [5, 5.41) is 2.98. The van der Waals surface area contributed by atoms with Gasteiger partial charge in [0.25, 0.3) is 5.91 Å². The van der Waals surface area contributed by atoms with Gasteiger partial charge >= 0.3 is 0 Å². The molecule has 1 N–H and O–H groups in total. The number of benzene rings is 2. The monoisotopic (exact) mass is 424 g/mol. The Balaban J connectivity index is 2.14. The van der Waals surface area contributed by atoms with E-state index in [0.717, 1.165) is 16.7 Å². The number of hydrogen-bond acceptors (Lipinski definition) is 3. The van der Waals surface area contributed by atoms with Crippen molar-refractivity contribution in [2.24, 2.45) is 5.92 Å². The van der Waals surface area contributed by atoms with Crippen molar-refractivity contribution in [2.75, 3.05) is 19.7 Å². The number of nitrogens with one attached hydrogen (secondary N) is 1. The second-order valence-electron chi connectivity index (χ2n) is 8.37. The Hall–Kier alpha value is -2.82. The van der Waals surface area contributed by atoms with Gasteiger partial charge < -0.3 is 15.0 Å². The van der Waals surface area contributed by atoms with Gasteiger partial charge in [0.1, 0.15) is 11.8 Å². The van der Waals surface area contributed by atoms with Gasteiger partial charge in [-0.05, 0) is 55.4 Å². The summed E-state index contributed by atoms with van der Waals surface area (Å²) in [6.45, 7) is 11.0. The molecule has 0 saturated heterocycles. The first kappa shape index (κ1) is 24.4. The molecule has 31 heavy (non-hydrogen) atoms. The minimum absolute atomic E-state index is 0.0902. The zero-order valence-corrected chi connectivity index (χ0v) is 19.5. The molecular formula is C26H36N2O3. The third kappa shape index (κ3) is 7.42. The van der Waals surface area contributed by atoms with E-state index in [9.17, 15) is 9.59 Å². The van der Waals surface area contributed by atoms with Crippen LogP contribution < -0.4 is 10.1 Å². The third-order valence-corrected chi connectivity index (χ3v) is 5.46. The van der Waals surface area contributed by atoms with Gasteiger partial charge in [-0.2, -0.15) is 0 Å². The fraction of sp³-hybridized carbons (Fsp3) is 0.462. The van der Waals surface area contributed by atoms with Crippen LogP contribution in [-0.4, -0.2) is 42.5 Å². The average Bonchev–Trinajstić information content (AvgIpc) is 2.76. The Morgan fingerprint density at radius 3 is 2.39 bits per heavy atom. The molecular weight excluding hydrogens is 388 g/mol. The van der Waals surface area contributed by atoms with E-state index in [-0.39, 0.29) is 18.4 Å². The number of rotatable bonds is 11. The van der Waals surface area contributed by atoms with Crippen molar-refractivity contribution in [1.29, 1.82) is 0 Å². The zero-order valence-electron chi connectivity index (χ0n) is 19.5. The van der Waals surface area contributed by atoms with Crippen molar-refractivity contribution >= 4 is 11.8 Å². The van der Waals surface area contributed by atoms with E-state index in [0.29, 0.717) is 37.6 Å². The average molecular weight is 425 g/mol. The Morgan fingerprint density at radius 2 is 1.74 bits per heavy atom. The molecule has 5 heteroatoms. The van der Waals surface area contributed by atoms with E-state index in [1.807, 2.05) is 69.3 Å². The van der Waals surface area contributed by atoms with Crippen molar-refractivity contribution in [2.45, 2.75) is 53.5 Å². The van der Waals surface area contributed by atoms with Crippen LogP contribution in [-0.2, 0) is 16.0 Å². The minimum Gasteiger partial charge on any atom is -0.483 e. The van der Waals surface area contributed by atoms with E-state index < -0.39 is 6.04 Å². The lowest BCUT2D eigenvalue weighted by Crippen LogP contribution is -2.51. The number of hydrogen-bond donors (Lipinski definition) is 1. The first-order valence-electron chi connectivity index (χ1n) is 11.1. The maximum atomic E-state index is 13.2. The molecule has 2 rings (SSSR count). The predicted molar refractivity (Wildman–Crippen MR) is 125 cm³/mol. The fourth-order valence-corrected chi connectivity index (χ4v) is 3.42. The summed E-state index contributed by atoms with van der Waals surface area (Å²) in [5.41, 5.74) is 3.27. The van der Waals surface area contributed by atoms with E-state index in [1.54, 1.807) is 4.90 Å². The van der Waals surface area contributed by atoms with Crippen molar-refractivity contribution < 1.29 is 14.3 Å². The molecule has 0 radical (unpaired) electrons. The largest absolute Gasteiger partial charge is 0.483 e. The van der Waals surface area contributed by atoms with Gasteiger partial charge in [-0.25, -0.2) is 0 Å². The van der Waals surface area contributed by atoms with Crippen LogP contribution in [0.2, 0.25) is 0 Å². The topological polar surface area (TPSA) is 58.6 Å². The highest BCUT2D eigenvalue weighted by molar-refractivity contribution is 5.88. The molecule has 2 aromatic rings. The highest BCUT2D eigenvalue weighted by Gasteiger charge is 2.28. The Labute approximate surface area is 186 Å². The Bertz CT molecular complexity index is 849. The summed E-state index contributed by atoms with van der Waals surface area (Å²) in [6, 6.07) is 15.3. The predicted octanol–water partition coefficient (Wildman–Crippen LogP) is 4.30. The number of aryl methyl sites for hydroxylation is 1. The normalized spacial score (nSPS) is 11.8. The van der Waals surface area contributed by atoms with Crippen LogP contribution in [0.3, 0.4) is 0 Å². The number of nitrogens with zero attached hydrogens (tertiary/aromatic N) is 1. The lowest BCUT2D eigenvalue weighted by molar-refractivity contribution is -0.142. The zero-order chi connectivity index (χ0) is 22.8. The molecule has 0 bridgehead atoms. The first-order chi connectivity index (χ1) is 14.8. The lowest BCUT2D eigenvalue weighted by Gasteiger charge is -2.31. The van der Waals surface area contributed by atoms with Crippen LogP contribution in [0.4, 0.5) is 0 Å². The Kier molecular flexibility index (Phi) is 9.57. The van der Waals surface area contributed by atoms with Gasteiger partial charge in [0.15, 0.2) is 6.61 Å². The van der Waals surface area contributed by atoms with E-state index in [4.69, 9.17) is 4.74 Å². The van der Waals surface area contributed by atoms with Crippen LogP contribution in [0.1, 0.15) is 43.9 Å². The molecule has 0 heterocycles. The maximum Gasteiger partial charge on any atom is 0.261 e. The smallest absolute Gasteiger partial charge is 0.261 e. The molecule has 0 aromatic heterocycles. The fourth-order valence-electron chi connectivity index (χ4n) is 3.42. The molecule has 0 unspecified atom stereocenters.